The number of rotatable bonds is 4. The minimum absolute atomic E-state index is 0.659. The van der Waals surface area contributed by atoms with E-state index in [0.717, 1.165) is 17.1 Å². The van der Waals surface area contributed by atoms with E-state index in [1.54, 1.807) is 0 Å². The Morgan fingerprint density at radius 3 is 2.52 bits per heavy atom. The van der Waals surface area contributed by atoms with Gasteiger partial charge in [0.2, 0.25) is 0 Å². The molecule has 3 unspecified atom stereocenters. The first kappa shape index (κ1) is 15.3. The van der Waals surface area contributed by atoms with Crippen molar-refractivity contribution in [2.75, 3.05) is 5.32 Å². The Morgan fingerprint density at radius 2 is 1.76 bits per heavy atom. The predicted octanol–water partition coefficient (Wildman–Crippen LogP) is 5.96. The van der Waals surface area contributed by atoms with Gasteiger partial charge in [-0.15, -0.1) is 11.8 Å². The maximum Gasteiger partial charge on any atom is 0.0480 e. The fraction of sp³-hybridized carbons (Fsp3) is 0.684. The van der Waals surface area contributed by atoms with E-state index < -0.39 is 0 Å². The number of nitrogens with one attached hydrogen (secondary N) is 1. The third kappa shape index (κ3) is 3.97. The van der Waals surface area contributed by atoms with Gasteiger partial charge in [-0.05, 0) is 56.1 Å². The lowest BCUT2D eigenvalue weighted by Gasteiger charge is -2.34. The number of hydrogen-bond acceptors (Lipinski definition) is 2. The van der Waals surface area contributed by atoms with Crippen LogP contribution in [-0.2, 0) is 0 Å². The maximum absolute atomic E-state index is 3.87. The Kier molecular flexibility index (Phi) is 5.15. The van der Waals surface area contributed by atoms with Crippen LogP contribution >= 0.6 is 11.8 Å². The highest BCUT2D eigenvalue weighted by atomic mass is 32.2. The van der Waals surface area contributed by atoms with Gasteiger partial charge in [-0.25, -0.2) is 0 Å². The molecule has 2 fully saturated rings. The van der Waals surface area contributed by atoms with E-state index in [9.17, 15) is 0 Å². The van der Waals surface area contributed by atoms with Crippen LogP contribution in [0.2, 0.25) is 0 Å². The second-order valence-corrected chi connectivity index (χ2v) is 8.51. The molecule has 0 saturated heterocycles. The summed E-state index contributed by atoms with van der Waals surface area (Å²) < 4.78 is 0. The monoisotopic (exact) mass is 303 g/mol. The fourth-order valence-corrected chi connectivity index (χ4v) is 5.29. The van der Waals surface area contributed by atoms with Gasteiger partial charge in [0.05, 0.1) is 0 Å². The summed E-state index contributed by atoms with van der Waals surface area (Å²) in [5, 5.41) is 4.72. The highest BCUT2D eigenvalue weighted by Gasteiger charge is 2.26. The summed E-state index contributed by atoms with van der Waals surface area (Å²) >= 11 is 2.11. The molecule has 3 rings (SSSR count). The summed E-state index contributed by atoms with van der Waals surface area (Å²) in [7, 11) is 0. The van der Waals surface area contributed by atoms with Crippen LogP contribution in [0.5, 0.6) is 0 Å². The lowest BCUT2D eigenvalue weighted by Crippen LogP contribution is -2.33. The van der Waals surface area contributed by atoms with Gasteiger partial charge >= 0.3 is 0 Å². The fourth-order valence-electron chi connectivity index (χ4n) is 3.95. The van der Waals surface area contributed by atoms with Gasteiger partial charge in [-0.2, -0.15) is 0 Å². The van der Waals surface area contributed by atoms with Crippen molar-refractivity contribution in [3.05, 3.63) is 24.3 Å². The topological polar surface area (TPSA) is 12.0 Å². The average Bonchev–Trinajstić information content (AvgIpc) is 2.97. The lowest BCUT2D eigenvalue weighted by atomic mass is 9.80. The molecule has 2 heteroatoms. The first-order valence-electron chi connectivity index (χ1n) is 8.74. The van der Waals surface area contributed by atoms with Crippen molar-refractivity contribution >= 4 is 17.4 Å². The molecule has 3 atom stereocenters. The quantitative estimate of drug-likeness (QED) is 0.736. The summed E-state index contributed by atoms with van der Waals surface area (Å²) in [6.07, 6.45) is 9.71. The molecule has 0 amide bonds. The molecule has 0 aliphatic heterocycles. The average molecular weight is 304 g/mol. The van der Waals surface area contributed by atoms with E-state index in [2.05, 4.69) is 55.2 Å². The number of para-hydroxylation sites is 1. The number of thioether (sulfide) groups is 1. The van der Waals surface area contributed by atoms with Crippen molar-refractivity contribution in [1.29, 1.82) is 0 Å². The third-order valence-electron chi connectivity index (χ3n) is 5.26. The molecule has 0 radical (unpaired) electrons. The van der Waals surface area contributed by atoms with Crippen LogP contribution in [0.1, 0.15) is 58.8 Å². The van der Waals surface area contributed by atoms with Crippen LogP contribution in [0.3, 0.4) is 0 Å². The Labute approximate surface area is 134 Å². The standard InChI is InChI=1S/C19H29NS/c1-14-11-12-17(15(2)13-14)20-18-9-5-6-10-19(18)21-16-7-3-4-8-16/h5-6,9-10,14-17,20H,3-4,7-8,11-13H2,1-2H3. The van der Waals surface area contributed by atoms with E-state index in [4.69, 9.17) is 0 Å². The van der Waals surface area contributed by atoms with Gasteiger partial charge < -0.3 is 5.32 Å². The molecule has 0 heterocycles. The molecule has 2 saturated carbocycles. The van der Waals surface area contributed by atoms with Crippen molar-refractivity contribution in [3.8, 4) is 0 Å². The zero-order valence-corrected chi connectivity index (χ0v) is 14.3. The maximum atomic E-state index is 3.87. The normalized spacial score (nSPS) is 30.5. The molecule has 21 heavy (non-hydrogen) atoms. The smallest absolute Gasteiger partial charge is 0.0480 e. The Balaban J connectivity index is 1.67. The predicted molar refractivity (Wildman–Crippen MR) is 94.1 cm³/mol. The molecule has 0 bridgehead atoms. The summed E-state index contributed by atoms with van der Waals surface area (Å²) in [5.74, 6) is 1.69. The van der Waals surface area contributed by atoms with Crippen molar-refractivity contribution in [2.45, 2.75) is 75.0 Å². The van der Waals surface area contributed by atoms with Crippen molar-refractivity contribution in [2.24, 2.45) is 11.8 Å². The molecule has 0 spiro atoms. The number of benzene rings is 1. The minimum Gasteiger partial charge on any atom is -0.381 e. The zero-order chi connectivity index (χ0) is 14.7. The lowest BCUT2D eigenvalue weighted by molar-refractivity contribution is 0.276. The van der Waals surface area contributed by atoms with Crippen LogP contribution in [0.4, 0.5) is 5.69 Å². The SMILES string of the molecule is CC1CCC(Nc2ccccc2SC2CCCC2)C(C)C1. The van der Waals surface area contributed by atoms with Gasteiger partial charge in [0, 0.05) is 21.9 Å². The Hall–Kier alpha value is -0.630. The van der Waals surface area contributed by atoms with Gasteiger partial charge in [-0.3, -0.25) is 0 Å². The summed E-state index contributed by atoms with van der Waals surface area (Å²) in [6, 6.07) is 9.61. The molecule has 2 aliphatic rings. The Bertz CT molecular complexity index is 453. The molecule has 1 N–H and O–H groups in total. The van der Waals surface area contributed by atoms with Crippen molar-refractivity contribution in [3.63, 3.8) is 0 Å². The van der Waals surface area contributed by atoms with E-state index in [1.807, 2.05) is 0 Å². The van der Waals surface area contributed by atoms with Crippen LogP contribution < -0.4 is 5.32 Å². The zero-order valence-electron chi connectivity index (χ0n) is 13.5. The van der Waals surface area contributed by atoms with E-state index >= 15 is 0 Å². The molecule has 1 nitrogen and oxygen atoms in total. The molecule has 0 aromatic heterocycles. The number of anilines is 1. The number of hydrogen-bond donors (Lipinski definition) is 1. The summed E-state index contributed by atoms with van der Waals surface area (Å²) in [5.41, 5.74) is 1.38. The first-order valence-corrected chi connectivity index (χ1v) is 9.62. The molecular weight excluding hydrogens is 274 g/mol. The largest absolute Gasteiger partial charge is 0.381 e. The van der Waals surface area contributed by atoms with E-state index in [0.29, 0.717) is 6.04 Å². The Morgan fingerprint density at radius 1 is 1.00 bits per heavy atom. The summed E-state index contributed by atoms with van der Waals surface area (Å²) in [4.78, 5) is 1.47. The molecule has 1 aromatic rings. The summed E-state index contributed by atoms with van der Waals surface area (Å²) in [6.45, 7) is 4.82. The molecule has 1 aromatic carbocycles. The second kappa shape index (κ2) is 7.09. The van der Waals surface area contributed by atoms with Gasteiger partial charge in [0.15, 0.2) is 0 Å². The van der Waals surface area contributed by atoms with Crippen LogP contribution in [0, 0.1) is 11.8 Å². The van der Waals surface area contributed by atoms with Crippen molar-refractivity contribution < 1.29 is 0 Å². The van der Waals surface area contributed by atoms with E-state index in [-0.39, 0.29) is 0 Å². The molecule has 116 valence electrons. The van der Waals surface area contributed by atoms with Crippen LogP contribution in [0.15, 0.2) is 29.2 Å². The van der Waals surface area contributed by atoms with Gasteiger partial charge in [-0.1, -0.05) is 38.8 Å². The highest BCUT2D eigenvalue weighted by molar-refractivity contribution is 8.00. The van der Waals surface area contributed by atoms with Crippen molar-refractivity contribution in [1.82, 2.24) is 0 Å². The van der Waals surface area contributed by atoms with Gasteiger partial charge in [0.1, 0.15) is 0 Å². The third-order valence-corrected chi connectivity index (χ3v) is 6.67. The van der Waals surface area contributed by atoms with E-state index in [1.165, 1.54) is 55.5 Å². The van der Waals surface area contributed by atoms with Crippen LogP contribution in [0.25, 0.3) is 0 Å². The minimum atomic E-state index is 0.659. The second-order valence-electron chi connectivity index (χ2n) is 7.17. The molecule has 2 aliphatic carbocycles. The molecular formula is C19H29NS. The van der Waals surface area contributed by atoms with Crippen LogP contribution in [-0.4, -0.2) is 11.3 Å². The highest BCUT2D eigenvalue weighted by Crippen LogP contribution is 2.39. The first-order chi connectivity index (χ1) is 10.2. The van der Waals surface area contributed by atoms with Gasteiger partial charge in [0.25, 0.3) is 0 Å².